The molecule has 1 fully saturated rings. The molecule has 2 rings (SSSR count). The second kappa shape index (κ2) is 6.15. The van der Waals surface area contributed by atoms with Gasteiger partial charge in [-0.05, 0) is 30.0 Å². The summed E-state index contributed by atoms with van der Waals surface area (Å²) < 4.78 is 10.8. The van der Waals surface area contributed by atoms with Crippen molar-refractivity contribution in [1.29, 1.82) is 0 Å². The molecular weight excluding hydrogens is 276 g/mol. The third-order valence-electron chi connectivity index (χ3n) is 4.07. The molecule has 0 bridgehead atoms. The Bertz CT molecular complexity index is 467. The van der Waals surface area contributed by atoms with Gasteiger partial charge in [-0.1, -0.05) is 37.6 Å². The van der Waals surface area contributed by atoms with Gasteiger partial charge in [0, 0.05) is 10.9 Å². The van der Waals surface area contributed by atoms with E-state index in [0.717, 1.165) is 10.6 Å². The van der Waals surface area contributed by atoms with Crippen molar-refractivity contribution in [3.05, 3.63) is 34.9 Å². The summed E-state index contributed by atoms with van der Waals surface area (Å²) in [5.74, 6) is 0.110. The lowest BCUT2D eigenvalue weighted by molar-refractivity contribution is -0.145. The first-order valence-corrected chi connectivity index (χ1v) is 7.33. The van der Waals surface area contributed by atoms with Crippen LogP contribution in [0.25, 0.3) is 0 Å². The van der Waals surface area contributed by atoms with Crippen LogP contribution in [0.3, 0.4) is 0 Å². The molecule has 1 aromatic carbocycles. The van der Waals surface area contributed by atoms with Crippen LogP contribution in [0.1, 0.15) is 26.3 Å². The highest BCUT2D eigenvalue weighted by atomic mass is 35.5. The topological polar surface area (TPSA) is 35.5 Å². The molecule has 0 aliphatic heterocycles. The molecule has 0 amide bonds. The molecule has 0 N–H and O–H groups in total. The average Bonchev–Trinajstić information content (AvgIpc) is 2.94. The fourth-order valence-electron chi connectivity index (χ4n) is 2.64. The molecule has 0 radical (unpaired) electrons. The summed E-state index contributed by atoms with van der Waals surface area (Å²) in [5, 5.41) is 0.722. The van der Waals surface area contributed by atoms with Crippen molar-refractivity contribution in [2.24, 2.45) is 17.3 Å². The number of carbonyl (C=O) groups is 1. The maximum absolute atomic E-state index is 11.8. The summed E-state index contributed by atoms with van der Waals surface area (Å²) in [5.41, 5.74) is 1.06. The first-order chi connectivity index (χ1) is 9.46. The van der Waals surface area contributed by atoms with Crippen LogP contribution in [-0.2, 0) is 20.9 Å². The molecule has 4 heteroatoms. The molecule has 1 saturated carbocycles. The van der Waals surface area contributed by atoms with E-state index in [2.05, 4.69) is 13.8 Å². The average molecular weight is 297 g/mol. The van der Waals surface area contributed by atoms with Gasteiger partial charge in [0.25, 0.3) is 0 Å². The van der Waals surface area contributed by atoms with Crippen LogP contribution in [0.5, 0.6) is 0 Å². The largest absolute Gasteiger partial charge is 0.466 e. The summed E-state index contributed by atoms with van der Waals surface area (Å²) >= 11 is 5.84. The van der Waals surface area contributed by atoms with E-state index in [4.69, 9.17) is 21.1 Å². The quantitative estimate of drug-likeness (QED) is 0.751. The van der Waals surface area contributed by atoms with Gasteiger partial charge in [-0.2, -0.15) is 0 Å². The molecule has 20 heavy (non-hydrogen) atoms. The fraction of sp³-hybridized carbons (Fsp3) is 0.562. The maximum Gasteiger partial charge on any atom is 0.309 e. The van der Waals surface area contributed by atoms with E-state index >= 15 is 0 Å². The highest BCUT2D eigenvalue weighted by Gasteiger charge is 2.62. The molecule has 2 atom stereocenters. The summed E-state index contributed by atoms with van der Waals surface area (Å²) in [6.07, 6.45) is 0. The number of rotatable bonds is 6. The lowest BCUT2D eigenvalue weighted by Crippen LogP contribution is -2.10. The van der Waals surface area contributed by atoms with Crippen LogP contribution in [-0.4, -0.2) is 19.2 Å². The van der Waals surface area contributed by atoms with Crippen molar-refractivity contribution in [3.63, 3.8) is 0 Å². The van der Waals surface area contributed by atoms with Gasteiger partial charge in [-0.25, -0.2) is 0 Å². The molecule has 3 nitrogen and oxygen atoms in total. The molecule has 2 unspecified atom stereocenters. The van der Waals surface area contributed by atoms with Gasteiger partial charge >= 0.3 is 5.97 Å². The van der Waals surface area contributed by atoms with Crippen molar-refractivity contribution in [3.8, 4) is 0 Å². The Hall–Kier alpha value is -1.06. The zero-order valence-electron chi connectivity index (χ0n) is 12.2. The number of ether oxygens (including phenoxy) is 2. The molecule has 1 aliphatic carbocycles. The van der Waals surface area contributed by atoms with E-state index in [1.165, 1.54) is 0 Å². The van der Waals surface area contributed by atoms with Gasteiger partial charge in [0.15, 0.2) is 0 Å². The van der Waals surface area contributed by atoms with Gasteiger partial charge in [0.2, 0.25) is 0 Å². The monoisotopic (exact) mass is 296 g/mol. The zero-order chi connectivity index (χ0) is 14.8. The minimum atomic E-state index is -0.0995. The Kier molecular flexibility index (Phi) is 4.71. The predicted octanol–water partition coefficient (Wildman–Crippen LogP) is 3.69. The zero-order valence-corrected chi connectivity index (χ0v) is 12.9. The van der Waals surface area contributed by atoms with Crippen LogP contribution in [0.4, 0.5) is 0 Å². The molecule has 0 aromatic heterocycles. The normalized spacial score (nSPS) is 23.4. The van der Waals surface area contributed by atoms with Crippen molar-refractivity contribution < 1.29 is 14.3 Å². The van der Waals surface area contributed by atoms with Crippen LogP contribution in [0.15, 0.2) is 24.3 Å². The molecule has 1 aromatic rings. The number of hydrogen-bond donors (Lipinski definition) is 0. The smallest absolute Gasteiger partial charge is 0.309 e. The molecular formula is C16H21ClO3. The minimum absolute atomic E-state index is 0.0216. The number of carbonyl (C=O) groups excluding carboxylic acids is 1. The van der Waals surface area contributed by atoms with Crippen LogP contribution < -0.4 is 0 Å². The van der Waals surface area contributed by atoms with Crippen LogP contribution in [0, 0.1) is 17.3 Å². The number of esters is 1. The SMILES string of the molecule is CCOC(=O)C1C(COCc2ccc(Cl)cc2)C1(C)C. The molecule has 1 aliphatic rings. The lowest BCUT2D eigenvalue weighted by Gasteiger charge is -2.05. The third kappa shape index (κ3) is 3.33. The Labute approximate surface area is 125 Å². The summed E-state index contributed by atoms with van der Waals surface area (Å²) in [4.78, 5) is 11.8. The van der Waals surface area contributed by atoms with Crippen LogP contribution >= 0.6 is 11.6 Å². The summed E-state index contributed by atoms with van der Waals surface area (Å²) in [6.45, 7) is 7.57. The van der Waals surface area contributed by atoms with Gasteiger partial charge in [-0.3, -0.25) is 4.79 Å². The lowest BCUT2D eigenvalue weighted by atomic mass is 10.1. The van der Waals surface area contributed by atoms with E-state index in [9.17, 15) is 4.79 Å². The summed E-state index contributed by atoms with van der Waals surface area (Å²) in [7, 11) is 0. The Balaban J connectivity index is 1.80. The van der Waals surface area contributed by atoms with Crippen molar-refractivity contribution in [2.45, 2.75) is 27.4 Å². The van der Waals surface area contributed by atoms with Crippen molar-refractivity contribution >= 4 is 17.6 Å². The minimum Gasteiger partial charge on any atom is -0.466 e. The third-order valence-corrected chi connectivity index (χ3v) is 4.32. The first-order valence-electron chi connectivity index (χ1n) is 6.95. The van der Waals surface area contributed by atoms with Crippen LogP contribution in [0.2, 0.25) is 5.02 Å². The van der Waals surface area contributed by atoms with E-state index < -0.39 is 0 Å². The van der Waals surface area contributed by atoms with E-state index in [1.807, 2.05) is 31.2 Å². The Morgan fingerprint density at radius 3 is 2.55 bits per heavy atom. The fourth-order valence-corrected chi connectivity index (χ4v) is 2.77. The maximum atomic E-state index is 11.8. The van der Waals surface area contributed by atoms with Gasteiger partial charge < -0.3 is 9.47 Å². The molecule has 0 spiro atoms. The van der Waals surface area contributed by atoms with Crippen molar-refractivity contribution in [1.82, 2.24) is 0 Å². The van der Waals surface area contributed by atoms with Gasteiger partial charge in [0.05, 0.1) is 25.7 Å². The van der Waals surface area contributed by atoms with E-state index in [1.54, 1.807) is 0 Å². The number of benzene rings is 1. The standard InChI is InChI=1S/C16H21ClO3/c1-4-20-15(18)14-13(16(14,2)3)10-19-9-11-5-7-12(17)8-6-11/h5-8,13-14H,4,9-10H2,1-3H3. The van der Waals surface area contributed by atoms with Gasteiger partial charge in [-0.15, -0.1) is 0 Å². The molecule has 110 valence electrons. The summed E-state index contributed by atoms with van der Waals surface area (Å²) in [6, 6.07) is 7.60. The predicted molar refractivity (Wildman–Crippen MR) is 78.5 cm³/mol. The first kappa shape index (κ1) is 15.3. The second-order valence-electron chi connectivity index (χ2n) is 5.80. The van der Waals surface area contributed by atoms with E-state index in [-0.39, 0.29) is 23.2 Å². The molecule has 0 heterocycles. The molecule has 0 saturated heterocycles. The number of hydrogen-bond acceptors (Lipinski definition) is 3. The highest BCUT2D eigenvalue weighted by molar-refractivity contribution is 6.30. The van der Waals surface area contributed by atoms with Crippen molar-refractivity contribution in [2.75, 3.05) is 13.2 Å². The highest BCUT2D eigenvalue weighted by Crippen LogP contribution is 2.58. The number of halogens is 1. The Morgan fingerprint density at radius 2 is 1.95 bits per heavy atom. The second-order valence-corrected chi connectivity index (χ2v) is 6.24. The Morgan fingerprint density at radius 1 is 1.30 bits per heavy atom. The van der Waals surface area contributed by atoms with E-state index in [0.29, 0.717) is 19.8 Å². The van der Waals surface area contributed by atoms with Gasteiger partial charge in [0.1, 0.15) is 0 Å².